The summed E-state index contributed by atoms with van der Waals surface area (Å²) in [6.45, 7) is 28.6. The minimum absolute atomic E-state index is 0.00559. The van der Waals surface area contributed by atoms with Gasteiger partial charge in [-0.25, -0.2) is 0 Å². The molecule has 0 bridgehead atoms. The van der Waals surface area contributed by atoms with Crippen molar-refractivity contribution in [1.82, 2.24) is 0 Å². The van der Waals surface area contributed by atoms with Gasteiger partial charge in [0.05, 0.1) is 11.4 Å². The third kappa shape index (κ3) is 6.44. The van der Waals surface area contributed by atoms with Gasteiger partial charge in [0.15, 0.2) is 5.58 Å². The smallest absolute Gasteiger partial charge is 0.333 e. The van der Waals surface area contributed by atoms with Gasteiger partial charge < -0.3 is 14.1 Å². The molecule has 0 amide bonds. The van der Waals surface area contributed by atoms with Crippen molar-refractivity contribution in [3.05, 3.63) is 184 Å². The van der Waals surface area contributed by atoms with E-state index in [2.05, 4.69) is 244 Å². The van der Waals surface area contributed by atoms with Crippen molar-refractivity contribution in [2.75, 3.05) is 9.71 Å². The first-order valence-electron chi connectivity index (χ1n) is 27.0. The summed E-state index contributed by atoms with van der Waals surface area (Å²) >= 11 is 1.83. The molecule has 0 N–H and O–H groups in total. The summed E-state index contributed by atoms with van der Waals surface area (Å²) in [5.74, 6) is 0. The molecular formula is C69H65BN2OS. The van der Waals surface area contributed by atoms with E-state index in [0.29, 0.717) is 0 Å². The molecule has 10 aromatic rings. The number of anilines is 5. The van der Waals surface area contributed by atoms with Gasteiger partial charge in [-0.05, 0) is 185 Å². The van der Waals surface area contributed by atoms with Gasteiger partial charge in [-0.2, -0.15) is 0 Å². The monoisotopic (exact) mass is 980 g/mol. The number of para-hydroxylation sites is 1. The Labute approximate surface area is 442 Å². The van der Waals surface area contributed by atoms with E-state index >= 15 is 0 Å². The molecule has 3 nitrogen and oxygen atoms in total. The normalized spacial score (nSPS) is 16.8. The third-order valence-corrected chi connectivity index (χ3v) is 19.0. The van der Waals surface area contributed by atoms with Crippen LogP contribution < -0.4 is 20.6 Å². The number of rotatable bonds is 3. The van der Waals surface area contributed by atoms with E-state index in [9.17, 15) is 0 Å². The summed E-state index contributed by atoms with van der Waals surface area (Å²) in [4.78, 5) is 5.32. The lowest BCUT2D eigenvalue weighted by Crippen LogP contribution is -2.61. The Balaban J connectivity index is 1.15. The van der Waals surface area contributed by atoms with Crippen molar-refractivity contribution in [2.24, 2.45) is 0 Å². The molecule has 2 aromatic heterocycles. The van der Waals surface area contributed by atoms with Crippen molar-refractivity contribution in [3.8, 4) is 33.4 Å². The average Bonchev–Trinajstić information content (AvgIpc) is 4.16. The summed E-state index contributed by atoms with van der Waals surface area (Å²) in [7, 11) is 0. The van der Waals surface area contributed by atoms with Gasteiger partial charge in [-0.1, -0.05) is 156 Å². The summed E-state index contributed by atoms with van der Waals surface area (Å²) in [6.07, 6.45) is 2.37. The van der Waals surface area contributed by atoms with E-state index in [-0.39, 0.29) is 33.9 Å². The molecule has 2 aliphatic carbocycles. The molecule has 0 fully saturated rings. The fourth-order valence-electron chi connectivity index (χ4n) is 13.6. The van der Waals surface area contributed by atoms with Gasteiger partial charge in [0.1, 0.15) is 5.58 Å². The lowest BCUT2D eigenvalue weighted by molar-refractivity contribution is 0.331. The van der Waals surface area contributed by atoms with E-state index in [1.54, 1.807) is 0 Å². The topological polar surface area (TPSA) is 19.6 Å². The maximum absolute atomic E-state index is 7.35. The van der Waals surface area contributed by atoms with Crippen LogP contribution in [0.4, 0.5) is 28.4 Å². The summed E-state index contributed by atoms with van der Waals surface area (Å²) in [6, 6.07) is 56.7. The molecule has 4 heterocycles. The van der Waals surface area contributed by atoms with Crippen LogP contribution in [-0.4, -0.2) is 6.85 Å². The molecular weight excluding hydrogens is 916 g/mol. The molecule has 74 heavy (non-hydrogen) atoms. The zero-order chi connectivity index (χ0) is 51.2. The maximum atomic E-state index is 7.35. The number of thiophene rings is 1. The lowest BCUT2D eigenvalue weighted by Gasteiger charge is -2.46. The fraction of sp³-hybridized carbons (Fsp3) is 0.275. The Morgan fingerprint density at radius 2 is 1.19 bits per heavy atom. The zero-order valence-electron chi connectivity index (χ0n) is 45.1. The second kappa shape index (κ2) is 15.2. The van der Waals surface area contributed by atoms with Crippen molar-refractivity contribution in [3.63, 3.8) is 0 Å². The Morgan fingerprint density at radius 1 is 0.527 bits per heavy atom. The van der Waals surface area contributed by atoms with Crippen molar-refractivity contribution < 1.29 is 4.42 Å². The van der Waals surface area contributed by atoms with Crippen LogP contribution in [0.25, 0.3) is 65.4 Å². The van der Waals surface area contributed by atoms with Gasteiger partial charge in [-0.15, -0.1) is 11.3 Å². The van der Waals surface area contributed by atoms with Gasteiger partial charge in [0.25, 0.3) is 0 Å². The molecule has 366 valence electrons. The second-order valence-corrected chi connectivity index (χ2v) is 27.0. The van der Waals surface area contributed by atoms with Gasteiger partial charge in [0.2, 0.25) is 0 Å². The molecule has 0 spiro atoms. The largest absolute Gasteiger partial charge is 0.454 e. The molecule has 4 aliphatic rings. The highest BCUT2D eigenvalue weighted by Gasteiger charge is 2.50. The first-order valence-corrected chi connectivity index (χ1v) is 27.8. The highest BCUT2D eigenvalue weighted by atomic mass is 32.1. The quantitative estimate of drug-likeness (QED) is 0.165. The van der Waals surface area contributed by atoms with Crippen molar-refractivity contribution in [2.45, 2.75) is 123 Å². The Hall–Kier alpha value is -6.82. The van der Waals surface area contributed by atoms with Crippen molar-refractivity contribution >= 4 is 89.6 Å². The molecule has 0 saturated carbocycles. The van der Waals surface area contributed by atoms with E-state index in [1.165, 1.54) is 118 Å². The Kier molecular flexibility index (Phi) is 9.38. The van der Waals surface area contributed by atoms with Gasteiger partial charge >= 0.3 is 6.85 Å². The highest BCUT2D eigenvalue weighted by Crippen LogP contribution is 2.59. The van der Waals surface area contributed by atoms with E-state index < -0.39 is 0 Å². The fourth-order valence-corrected chi connectivity index (χ4v) is 14.5. The van der Waals surface area contributed by atoms with Crippen molar-refractivity contribution in [1.29, 1.82) is 0 Å². The van der Waals surface area contributed by atoms with Crippen LogP contribution >= 0.6 is 11.3 Å². The number of benzene rings is 8. The Morgan fingerprint density at radius 3 is 1.92 bits per heavy atom. The van der Waals surface area contributed by atoms with Crippen LogP contribution in [0.1, 0.15) is 129 Å². The van der Waals surface area contributed by atoms with Crippen LogP contribution in [0.15, 0.2) is 155 Å². The SMILES string of the molecule is CC(C)(C)c1ccc(N2B3c4cc5sccc5cc4N(c4ccc(C(C)(C)C)cc4-c4ccccc4)c4c3c(cc3c4oc4ccccc43)-c3cc4c(cc32)C(C)(C)c2cc3c(cc2-4)C(C)(C)CCC3(C)C)cc1. The second-order valence-electron chi connectivity index (χ2n) is 26.0. The van der Waals surface area contributed by atoms with Gasteiger partial charge in [-0.3, -0.25) is 0 Å². The minimum atomic E-state index is -0.220. The number of fused-ring (bicyclic) bond motifs is 13. The minimum Gasteiger partial charge on any atom is -0.454 e. The number of hydrogen-bond donors (Lipinski definition) is 0. The zero-order valence-corrected chi connectivity index (χ0v) is 46.0. The van der Waals surface area contributed by atoms with Crippen LogP contribution in [-0.2, 0) is 27.1 Å². The van der Waals surface area contributed by atoms with Crippen LogP contribution in [0.5, 0.6) is 0 Å². The first kappa shape index (κ1) is 45.8. The maximum Gasteiger partial charge on any atom is 0.333 e. The molecule has 0 radical (unpaired) electrons. The van der Waals surface area contributed by atoms with Crippen LogP contribution in [0.2, 0.25) is 0 Å². The number of hydrogen-bond acceptors (Lipinski definition) is 4. The highest BCUT2D eigenvalue weighted by molar-refractivity contribution is 7.17. The van der Waals surface area contributed by atoms with E-state index in [4.69, 9.17) is 4.42 Å². The third-order valence-electron chi connectivity index (χ3n) is 18.1. The summed E-state index contributed by atoms with van der Waals surface area (Å²) in [5, 5.41) is 5.77. The molecule has 2 aliphatic heterocycles. The summed E-state index contributed by atoms with van der Waals surface area (Å²) in [5.41, 5.74) is 26.3. The predicted molar refractivity (Wildman–Crippen MR) is 319 cm³/mol. The van der Waals surface area contributed by atoms with Crippen LogP contribution in [0.3, 0.4) is 0 Å². The molecule has 8 aromatic carbocycles. The lowest BCUT2D eigenvalue weighted by atomic mass is 9.43. The molecule has 0 unspecified atom stereocenters. The first-order chi connectivity index (χ1) is 35.2. The van der Waals surface area contributed by atoms with E-state index in [0.717, 1.165) is 33.3 Å². The number of furan rings is 1. The van der Waals surface area contributed by atoms with Crippen LogP contribution in [0, 0.1) is 0 Å². The van der Waals surface area contributed by atoms with Gasteiger partial charge in [0, 0.05) is 49.1 Å². The molecule has 0 saturated heterocycles. The standard InChI is InChI=1S/C69H65BN2OS/c1-65(2,3)42-22-25-44(26-23-42)72-58-38-53-47(48-36-54-55(37-52(48)69(53,11)12)68(9,10)30-29-67(54,7)8)34-49(58)50-35-51-45-20-16-17-21-60(45)73-64(51)63-62(50)70(72)56-39-61-41(28-31-74-61)32-59(56)71(63)57-27-24-43(66(4,5)6)33-46(57)40-18-14-13-15-19-40/h13-28,31-39H,29-30H2,1-12H3. The number of nitrogens with zero attached hydrogens (tertiary/aromatic N) is 2. The molecule has 0 atom stereocenters. The molecule has 5 heteroatoms. The summed E-state index contributed by atoms with van der Waals surface area (Å²) < 4.78 is 8.64. The molecule has 14 rings (SSSR count). The van der Waals surface area contributed by atoms with E-state index in [1.807, 2.05) is 11.3 Å². The Bertz CT molecular complexity index is 4020. The predicted octanol–water partition coefficient (Wildman–Crippen LogP) is 18.4. The average molecular weight is 981 g/mol.